The van der Waals surface area contributed by atoms with Crippen LogP contribution in [0.25, 0.3) is 11.4 Å². The van der Waals surface area contributed by atoms with Crippen LogP contribution in [0.1, 0.15) is 86.7 Å². The lowest BCUT2D eigenvalue weighted by atomic mass is 10.1. The second kappa shape index (κ2) is 13.6. The molecule has 0 saturated carbocycles. The molecule has 0 bridgehead atoms. The van der Waals surface area contributed by atoms with Gasteiger partial charge in [0.05, 0.1) is 11.1 Å². The minimum absolute atomic E-state index is 0.155. The van der Waals surface area contributed by atoms with Crippen LogP contribution in [-0.2, 0) is 12.8 Å². The average Bonchev–Trinajstić information content (AvgIpc) is 2.85. The van der Waals surface area contributed by atoms with Crippen LogP contribution in [0, 0.1) is 5.82 Å². The maximum Gasteiger partial charge on any atom is 0.343 e. The molecule has 0 N–H and O–H groups in total. The van der Waals surface area contributed by atoms with Crippen molar-refractivity contribution in [2.45, 2.75) is 78.1 Å². The Balaban J connectivity index is 1.56. The summed E-state index contributed by atoms with van der Waals surface area (Å²) in [5.74, 6) is -0.554. The predicted octanol–water partition coefficient (Wildman–Crippen LogP) is 7.75. The standard InChI is InChI=1S/C29H35FN2O2/c1-3-5-7-8-10-12-23-20-31-28(32-21-23)26-18-17-25(19-27(26)30)34-29(33)24-15-13-22(14-16-24)11-9-6-4-2/h13-21H,3-12H2,1-2H3. The van der Waals surface area contributed by atoms with E-state index in [0.29, 0.717) is 11.4 Å². The smallest absolute Gasteiger partial charge is 0.343 e. The van der Waals surface area contributed by atoms with Crippen molar-refractivity contribution in [3.63, 3.8) is 0 Å². The Hall–Kier alpha value is -3.08. The number of ether oxygens (including phenoxy) is 1. The Labute approximate surface area is 202 Å². The number of aryl methyl sites for hydroxylation is 2. The van der Waals surface area contributed by atoms with Gasteiger partial charge in [-0.25, -0.2) is 19.2 Å². The third-order valence-electron chi connectivity index (χ3n) is 5.92. The summed E-state index contributed by atoms with van der Waals surface area (Å²) in [7, 11) is 0. The SMILES string of the molecule is CCCCCCCc1cnc(-c2ccc(OC(=O)c3ccc(CCCCC)cc3)cc2F)nc1. The van der Waals surface area contributed by atoms with E-state index in [-0.39, 0.29) is 11.3 Å². The quantitative estimate of drug-likeness (QED) is 0.148. The fourth-order valence-corrected chi connectivity index (χ4v) is 3.85. The average molecular weight is 463 g/mol. The molecule has 0 unspecified atom stereocenters. The number of aromatic nitrogens is 2. The molecule has 5 heteroatoms. The van der Waals surface area contributed by atoms with E-state index in [2.05, 4.69) is 23.8 Å². The molecular formula is C29H35FN2O2. The highest BCUT2D eigenvalue weighted by Gasteiger charge is 2.13. The molecule has 1 aromatic heterocycles. The Morgan fingerprint density at radius 3 is 2.09 bits per heavy atom. The molecule has 3 aromatic rings. The van der Waals surface area contributed by atoms with Crippen LogP contribution in [-0.4, -0.2) is 15.9 Å². The molecule has 0 fully saturated rings. The molecule has 0 atom stereocenters. The van der Waals surface area contributed by atoms with Crippen LogP contribution in [0.5, 0.6) is 5.75 Å². The number of hydrogen-bond donors (Lipinski definition) is 0. The highest BCUT2D eigenvalue weighted by atomic mass is 19.1. The molecule has 34 heavy (non-hydrogen) atoms. The lowest BCUT2D eigenvalue weighted by molar-refractivity contribution is 0.0734. The van der Waals surface area contributed by atoms with Crippen molar-refractivity contribution in [2.75, 3.05) is 0 Å². The summed E-state index contributed by atoms with van der Waals surface area (Å²) in [6.07, 6.45) is 15.0. The molecule has 0 aliphatic carbocycles. The molecule has 3 rings (SSSR count). The summed E-state index contributed by atoms with van der Waals surface area (Å²) in [5, 5.41) is 0. The molecular weight excluding hydrogens is 427 g/mol. The van der Waals surface area contributed by atoms with Gasteiger partial charge in [-0.3, -0.25) is 0 Å². The van der Waals surface area contributed by atoms with Gasteiger partial charge >= 0.3 is 5.97 Å². The molecule has 180 valence electrons. The molecule has 0 aliphatic rings. The van der Waals surface area contributed by atoms with Crippen molar-refractivity contribution >= 4 is 5.97 Å². The van der Waals surface area contributed by atoms with Crippen LogP contribution in [0.2, 0.25) is 0 Å². The Morgan fingerprint density at radius 2 is 1.41 bits per heavy atom. The molecule has 0 amide bonds. The molecule has 0 radical (unpaired) electrons. The number of halogens is 1. The first kappa shape index (κ1) is 25.5. The highest BCUT2D eigenvalue weighted by Crippen LogP contribution is 2.24. The zero-order valence-corrected chi connectivity index (χ0v) is 20.4. The second-order valence-electron chi connectivity index (χ2n) is 8.76. The Kier molecular flexibility index (Phi) is 10.2. The normalized spacial score (nSPS) is 10.9. The first-order valence-corrected chi connectivity index (χ1v) is 12.5. The molecule has 2 aromatic carbocycles. The summed E-state index contributed by atoms with van der Waals surface area (Å²) in [4.78, 5) is 21.1. The summed E-state index contributed by atoms with van der Waals surface area (Å²) >= 11 is 0. The van der Waals surface area contributed by atoms with E-state index in [1.807, 2.05) is 12.1 Å². The van der Waals surface area contributed by atoms with E-state index in [1.54, 1.807) is 36.7 Å². The van der Waals surface area contributed by atoms with Crippen LogP contribution in [0.15, 0.2) is 54.9 Å². The number of benzene rings is 2. The van der Waals surface area contributed by atoms with Gasteiger partial charge < -0.3 is 4.74 Å². The lowest BCUT2D eigenvalue weighted by Crippen LogP contribution is -2.09. The first-order valence-electron chi connectivity index (χ1n) is 12.5. The van der Waals surface area contributed by atoms with Crippen LogP contribution >= 0.6 is 0 Å². The maximum atomic E-state index is 14.7. The Morgan fingerprint density at radius 1 is 0.794 bits per heavy atom. The van der Waals surface area contributed by atoms with Crippen molar-refractivity contribution in [1.29, 1.82) is 0 Å². The van der Waals surface area contributed by atoms with E-state index in [0.717, 1.165) is 31.2 Å². The molecule has 0 spiro atoms. The summed E-state index contributed by atoms with van der Waals surface area (Å²) < 4.78 is 20.1. The fourth-order valence-electron chi connectivity index (χ4n) is 3.85. The van der Waals surface area contributed by atoms with Gasteiger partial charge in [-0.15, -0.1) is 0 Å². The van der Waals surface area contributed by atoms with Crippen molar-refractivity contribution in [1.82, 2.24) is 9.97 Å². The molecule has 0 aliphatic heterocycles. The van der Waals surface area contributed by atoms with Gasteiger partial charge in [0.15, 0.2) is 5.82 Å². The fraction of sp³-hybridized carbons (Fsp3) is 0.414. The molecule has 4 nitrogen and oxygen atoms in total. The van der Waals surface area contributed by atoms with Gasteiger partial charge in [0.25, 0.3) is 0 Å². The van der Waals surface area contributed by atoms with Crippen molar-refractivity contribution in [2.24, 2.45) is 0 Å². The Bertz CT molecular complexity index is 1030. The topological polar surface area (TPSA) is 52.1 Å². The van der Waals surface area contributed by atoms with Crippen LogP contribution < -0.4 is 4.74 Å². The number of hydrogen-bond acceptors (Lipinski definition) is 4. The van der Waals surface area contributed by atoms with Crippen molar-refractivity contribution in [3.05, 3.63) is 77.4 Å². The van der Waals surface area contributed by atoms with E-state index in [1.165, 1.54) is 50.2 Å². The summed E-state index contributed by atoms with van der Waals surface area (Å²) in [6, 6.07) is 11.7. The van der Waals surface area contributed by atoms with Crippen molar-refractivity contribution in [3.8, 4) is 17.1 Å². The van der Waals surface area contributed by atoms with E-state index < -0.39 is 11.8 Å². The third kappa shape index (κ3) is 7.75. The van der Waals surface area contributed by atoms with E-state index >= 15 is 0 Å². The monoisotopic (exact) mass is 462 g/mol. The first-order chi connectivity index (χ1) is 16.6. The van der Waals surface area contributed by atoms with Gasteiger partial charge in [0.1, 0.15) is 11.6 Å². The van der Waals surface area contributed by atoms with Crippen LogP contribution in [0.4, 0.5) is 4.39 Å². The summed E-state index contributed by atoms with van der Waals surface area (Å²) in [5.41, 5.74) is 2.98. The van der Waals surface area contributed by atoms with Gasteiger partial charge in [0, 0.05) is 18.5 Å². The van der Waals surface area contributed by atoms with Gasteiger partial charge in [-0.1, -0.05) is 64.5 Å². The maximum absolute atomic E-state index is 14.7. The molecule has 1 heterocycles. The lowest BCUT2D eigenvalue weighted by Gasteiger charge is -2.08. The summed E-state index contributed by atoms with van der Waals surface area (Å²) in [6.45, 7) is 4.38. The highest BCUT2D eigenvalue weighted by molar-refractivity contribution is 5.91. The third-order valence-corrected chi connectivity index (χ3v) is 5.92. The number of carbonyl (C=O) groups excluding carboxylic acids is 1. The number of unbranched alkanes of at least 4 members (excludes halogenated alkanes) is 6. The zero-order valence-electron chi connectivity index (χ0n) is 20.4. The van der Waals surface area contributed by atoms with E-state index in [9.17, 15) is 9.18 Å². The van der Waals surface area contributed by atoms with Gasteiger partial charge in [0.2, 0.25) is 0 Å². The van der Waals surface area contributed by atoms with Gasteiger partial charge in [-0.05, 0) is 61.1 Å². The number of nitrogens with zero attached hydrogens (tertiary/aromatic N) is 2. The number of rotatable bonds is 13. The number of esters is 1. The van der Waals surface area contributed by atoms with E-state index in [4.69, 9.17) is 4.74 Å². The number of carbonyl (C=O) groups is 1. The minimum Gasteiger partial charge on any atom is -0.423 e. The van der Waals surface area contributed by atoms with Crippen LogP contribution in [0.3, 0.4) is 0 Å². The van der Waals surface area contributed by atoms with Crippen molar-refractivity contribution < 1.29 is 13.9 Å². The zero-order chi connectivity index (χ0) is 24.2. The largest absolute Gasteiger partial charge is 0.423 e. The predicted molar refractivity (Wildman–Crippen MR) is 135 cm³/mol. The second-order valence-corrected chi connectivity index (χ2v) is 8.76. The molecule has 0 saturated heterocycles. The van der Waals surface area contributed by atoms with Gasteiger partial charge in [-0.2, -0.15) is 0 Å². The minimum atomic E-state index is -0.524.